The minimum absolute atomic E-state index is 0.0405. The second kappa shape index (κ2) is 6.12. The van der Waals surface area contributed by atoms with Crippen molar-refractivity contribution < 1.29 is 27.9 Å². The van der Waals surface area contributed by atoms with Crippen LogP contribution in [-0.2, 0) is 4.79 Å². The second-order valence-electron chi connectivity index (χ2n) is 4.57. The minimum Gasteiger partial charge on any atom is -0.480 e. The molecule has 0 aliphatic heterocycles. The first-order valence-electron chi connectivity index (χ1n) is 6.08. The summed E-state index contributed by atoms with van der Waals surface area (Å²) in [5.41, 5.74) is 0. The third-order valence-corrected chi connectivity index (χ3v) is 2.67. The van der Waals surface area contributed by atoms with Gasteiger partial charge < -0.3 is 14.9 Å². The molecular formula is C11H17F3N2O3. The van der Waals surface area contributed by atoms with Crippen LogP contribution in [0.25, 0.3) is 0 Å². The first kappa shape index (κ1) is 15.6. The Morgan fingerprint density at radius 1 is 1.32 bits per heavy atom. The van der Waals surface area contributed by atoms with E-state index in [1.807, 2.05) is 0 Å². The van der Waals surface area contributed by atoms with Crippen molar-refractivity contribution in [2.45, 2.75) is 38.4 Å². The maximum atomic E-state index is 12.4. The lowest BCUT2D eigenvalue weighted by atomic mass is 10.4. The molecule has 0 spiro atoms. The van der Waals surface area contributed by atoms with Gasteiger partial charge in [-0.05, 0) is 19.3 Å². The Kier molecular flexibility index (Phi) is 5.02. The number of aliphatic carboxylic acids is 1. The topological polar surface area (TPSA) is 60.9 Å². The number of urea groups is 1. The van der Waals surface area contributed by atoms with Crippen LogP contribution in [0.15, 0.2) is 0 Å². The van der Waals surface area contributed by atoms with Crippen LogP contribution in [0.2, 0.25) is 0 Å². The Morgan fingerprint density at radius 2 is 1.89 bits per heavy atom. The van der Waals surface area contributed by atoms with E-state index in [1.54, 1.807) is 6.92 Å². The smallest absolute Gasteiger partial charge is 0.406 e. The Morgan fingerprint density at radius 3 is 2.26 bits per heavy atom. The molecule has 0 heterocycles. The Labute approximate surface area is 109 Å². The van der Waals surface area contributed by atoms with Crippen LogP contribution in [0, 0.1) is 0 Å². The monoisotopic (exact) mass is 282 g/mol. The quantitative estimate of drug-likeness (QED) is 0.809. The number of carbonyl (C=O) groups excluding carboxylic acids is 1. The number of alkyl halides is 3. The van der Waals surface area contributed by atoms with Crippen molar-refractivity contribution in [1.82, 2.24) is 9.80 Å². The molecule has 0 radical (unpaired) electrons. The van der Waals surface area contributed by atoms with Gasteiger partial charge in [-0.3, -0.25) is 4.79 Å². The van der Waals surface area contributed by atoms with Gasteiger partial charge in [0.15, 0.2) is 0 Å². The second-order valence-corrected chi connectivity index (χ2v) is 4.57. The van der Waals surface area contributed by atoms with Crippen LogP contribution >= 0.6 is 0 Å². The third-order valence-electron chi connectivity index (χ3n) is 2.67. The zero-order valence-corrected chi connectivity index (χ0v) is 10.6. The fourth-order valence-electron chi connectivity index (χ4n) is 1.80. The Hall–Kier alpha value is -1.47. The zero-order chi connectivity index (χ0) is 14.6. The van der Waals surface area contributed by atoms with Gasteiger partial charge in [0, 0.05) is 12.6 Å². The summed E-state index contributed by atoms with van der Waals surface area (Å²) in [5.74, 6) is -1.22. The van der Waals surface area contributed by atoms with E-state index in [0.29, 0.717) is 24.2 Å². The highest BCUT2D eigenvalue weighted by atomic mass is 19.4. The van der Waals surface area contributed by atoms with Crippen LogP contribution in [0.4, 0.5) is 18.0 Å². The van der Waals surface area contributed by atoms with Gasteiger partial charge in [0.05, 0.1) is 0 Å². The van der Waals surface area contributed by atoms with E-state index >= 15 is 0 Å². The van der Waals surface area contributed by atoms with Crippen LogP contribution in [0.1, 0.15) is 26.2 Å². The molecular weight excluding hydrogens is 265 g/mol. The normalized spacial score (nSPS) is 15.2. The molecule has 1 fully saturated rings. The van der Waals surface area contributed by atoms with Crippen molar-refractivity contribution in [3.63, 3.8) is 0 Å². The van der Waals surface area contributed by atoms with Gasteiger partial charge in [-0.15, -0.1) is 0 Å². The predicted octanol–water partition coefficient (Wildman–Crippen LogP) is 1.93. The minimum atomic E-state index is -4.48. The van der Waals surface area contributed by atoms with E-state index in [0.717, 1.165) is 4.90 Å². The summed E-state index contributed by atoms with van der Waals surface area (Å²) in [4.78, 5) is 24.4. The molecule has 1 saturated carbocycles. The molecule has 2 amide bonds. The number of carbonyl (C=O) groups is 2. The molecule has 0 aromatic rings. The van der Waals surface area contributed by atoms with E-state index in [1.165, 1.54) is 0 Å². The predicted molar refractivity (Wildman–Crippen MR) is 60.7 cm³/mol. The van der Waals surface area contributed by atoms with Gasteiger partial charge in [-0.1, -0.05) is 6.92 Å². The van der Waals surface area contributed by atoms with Crippen molar-refractivity contribution in [2.24, 2.45) is 0 Å². The lowest BCUT2D eigenvalue weighted by Gasteiger charge is -2.30. The molecule has 0 bridgehead atoms. The molecule has 110 valence electrons. The van der Waals surface area contributed by atoms with E-state index < -0.39 is 31.3 Å². The molecule has 19 heavy (non-hydrogen) atoms. The summed E-state index contributed by atoms with van der Waals surface area (Å²) < 4.78 is 37.2. The summed E-state index contributed by atoms with van der Waals surface area (Å²) in [5, 5.41) is 8.72. The summed E-state index contributed by atoms with van der Waals surface area (Å²) in [6.07, 6.45) is -2.81. The Bertz CT molecular complexity index is 343. The Balaban J connectivity index is 2.74. The van der Waals surface area contributed by atoms with Crippen LogP contribution in [0.5, 0.6) is 0 Å². The van der Waals surface area contributed by atoms with Crippen molar-refractivity contribution in [3.8, 4) is 0 Å². The molecule has 0 saturated heterocycles. The largest absolute Gasteiger partial charge is 0.480 e. The highest BCUT2D eigenvalue weighted by Crippen LogP contribution is 2.28. The summed E-state index contributed by atoms with van der Waals surface area (Å²) in [6.45, 7) is -0.277. The number of rotatable bonds is 6. The highest BCUT2D eigenvalue weighted by Gasteiger charge is 2.39. The first-order valence-corrected chi connectivity index (χ1v) is 6.08. The highest BCUT2D eigenvalue weighted by molar-refractivity contribution is 5.80. The van der Waals surface area contributed by atoms with Gasteiger partial charge in [-0.2, -0.15) is 13.2 Å². The van der Waals surface area contributed by atoms with Crippen molar-refractivity contribution in [2.75, 3.05) is 19.6 Å². The van der Waals surface area contributed by atoms with Gasteiger partial charge >= 0.3 is 18.2 Å². The van der Waals surface area contributed by atoms with Gasteiger partial charge in [0.25, 0.3) is 0 Å². The number of amides is 2. The number of carboxylic acids is 1. The van der Waals surface area contributed by atoms with E-state index in [4.69, 9.17) is 5.11 Å². The average Bonchev–Trinajstić information content (AvgIpc) is 3.06. The lowest BCUT2D eigenvalue weighted by molar-refractivity contribution is -0.142. The van der Waals surface area contributed by atoms with Gasteiger partial charge in [0.1, 0.15) is 13.1 Å². The van der Waals surface area contributed by atoms with E-state index in [9.17, 15) is 22.8 Å². The summed E-state index contributed by atoms with van der Waals surface area (Å²) in [6, 6.07) is -1.08. The van der Waals surface area contributed by atoms with Crippen molar-refractivity contribution in [3.05, 3.63) is 0 Å². The number of hydrogen-bond acceptors (Lipinski definition) is 2. The molecule has 0 aromatic carbocycles. The molecule has 0 unspecified atom stereocenters. The van der Waals surface area contributed by atoms with Crippen LogP contribution < -0.4 is 0 Å². The van der Waals surface area contributed by atoms with Crippen molar-refractivity contribution in [1.29, 1.82) is 0 Å². The molecule has 1 aliphatic rings. The zero-order valence-electron chi connectivity index (χ0n) is 10.6. The average molecular weight is 282 g/mol. The molecule has 0 atom stereocenters. The molecule has 1 rings (SSSR count). The van der Waals surface area contributed by atoms with E-state index in [-0.39, 0.29) is 12.6 Å². The van der Waals surface area contributed by atoms with Crippen LogP contribution in [-0.4, -0.2) is 58.8 Å². The number of hydrogen-bond donors (Lipinski definition) is 1. The maximum absolute atomic E-state index is 12.4. The molecule has 5 nitrogen and oxygen atoms in total. The van der Waals surface area contributed by atoms with Crippen LogP contribution in [0.3, 0.4) is 0 Å². The van der Waals surface area contributed by atoms with Gasteiger partial charge in [-0.25, -0.2) is 4.79 Å². The maximum Gasteiger partial charge on any atom is 0.406 e. The summed E-state index contributed by atoms with van der Waals surface area (Å²) >= 11 is 0. The van der Waals surface area contributed by atoms with Crippen molar-refractivity contribution >= 4 is 12.0 Å². The number of halogens is 3. The lowest BCUT2D eigenvalue weighted by Crippen LogP contribution is -2.49. The fraction of sp³-hybridized carbons (Fsp3) is 0.818. The standard InChI is InChI=1S/C11H17F3N2O3/c1-2-5-15(7-11(12,13)14)10(19)16(6-9(17)18)8-3-4-8/h8H,2-7H2,1H3,(H,17,18). The molecule has 1 aliphatic carbocycles. The molecule has 1 N–H and O–H groups in total. The van der Waals surface area contributed by atoms with Gasteiger partial charge in [0.2, 0.25) is 0 Å². The fourth-order valence-corrected chi connectivity index (χ4v) is 1.80. The third kappa shape index (κ3) is 5.35. The summed E-state index contributed by atoms with van der Waals surface area (Å²) in [7, 11) is 0. The molecule has 8 heteroatoms. The molecule has 0 aromatic heterocycles. The number of carboxylic acid groups (broad SMARTS) is 1. The number of nitrogens with zero attached hydrogens (tertiary/aromatic N) is 2. The SMILES string of the molecule is CCCN(CC(F)(F)F)C(=O)N(CC(=O)O)C1CC1. The van der Waals surface area contributed by atoms with E-state index in [2.05, 4.69) is 0 Å². The first-order chi connectivity index (χ1) is 8.74.